The molecule has 0 aromatic rings. The average molecular weight is 299 g/mol. The van der Waals surface area contributed by atoms with E-state index in [1.807, 2.05) is 0 Å². The van der Waals surface area contributed by atoms with Crippen molar-refractivity contribution in [3.63, 3.8) is 0 Å². The summed E-state index contributed by atoms with van der Waals surface area (Å²) in [5.74, 6) is 0. The molecule has 0 aliphatic heterocycles. The highest BCUT2D eigenvalue weighted by molar-refractivity contribution is 4.74. The van der Waals surface area contributed by atoms with Crippen LogP contribution >= 0.6 is 0 Å². The first kappa shape index (κ1) is 20.5. The van der Waals surface area contributed by atoms with Crippen LogP contribution in [-0.4, -0.2) is 18.3 Å². The third kappa shape index (κ3) is 12.9. The Morgan fingerprint density at radius 1 is 0.905 bits per heavy atom. The van der Waals surface area contributed by atoms with Crippen molar-refractivity contribution in [3.8, 4) is 0 Å². The van der Waals surface area contributed by atoms with Gasteiger partial charge in [-0.1, -0.05) is 91.1 Å². The lowest BCUT2D eigenvalue weighted by molar-refractivity contribution is 0.0518. The van der Waals surface area contributed by atoms with Crippen molar-refractivity contribution in [3.05, 3.63) is 12.8 Å². The minimum atomic E-state index is -0.104. The molecule has 126 valence electrons. The molecule has 21 heavy (non-hydrogen) atoms. The summed E-state index contributed by atoms with van der Waals surface area (Å²) in [4.78, 5) is 0. The maximum atomic E-state index is 9.46. The summed E-state index contributed by atoms with van der Waals surface area (Å²) in [7, 11) is 0. The fraction of sp³-hybridized carbons (Fsp3) is 0.895. The van der Waals surface area contributed by atoms with E-state index in [0.717, 1.165) is 6.42 Å². The molecule has 0 aliphatic carbocycles. The number of unbranched alkanes of at least 4 members (excludes halogenated alkanes) is 10. The first-order chi connectivity index (χ1) is 10.2. The maximum Gasteiger partial charge on any atom is 0.0948 e. The van der Waals surface area contributed by atoms with Crippen molar-refractivity contribution in [1.29, 1.82) is 0 Å². The SMILES string of the molecule is C=COCC(C)(CO)CCCCCCCCCCCCC. The second kappa shape index (κ2) is 14.4. The number of rotatable bonds is 16. The third-order valence-electron chi connectivity index (χ3n) is 4.32. The zero-order valence-corrected chi connectivity index (χ0v) is 14.5. The molecule has 1 N–H and O–H groups in total. The van der Waals surface area contributed by atoms with Gasteiger partial charge in [0.2, 0.25) is 0 Å². The van der Waals surface area contributed by atoms with Gasteiger partial charge in [0, 0.05) is 5.41 Å². The molecular weight excluding hydrogens is 260 g/mol. The van der Waals surface area contributed by atoms with Crippen LogP contribution in [0, 0.1) is 5.41 Å². The first-order valence-electron chi connectivity index (χ1n) is 9.02. The van der Waals surface area contributed by atoms with Gasteiger partial charge >= 0.3 is 0 Å². The van der Waals surface area contributed by atoms with Gasteiger partial charge in [0.1, 0.15) is 0 Å². The molecule has 2 heteroatoms. The van der Waals surface area contributed by atoms with Crippen LogP contribution in [0.4, 0.5) is 0 Å². The van der Waals surface area contributed by atoms with Gasteiger partial charge in [-0.05, 0) is 6.42 Å². The molecule has 0 rings (SSSR count). The number of aliphatic hydroxyl groups excluding tert-OH is 1. The minimum Gasteiger partial charge on any atom is -0.501 e. The number of ether oxygens (including phenoxy) is 1. The van der Waals surface area contributed by atoms with E-state index >= 15 is 0 Å². The van der Waals surface area contributed by atoms with Crippen LogP contribution in [0.15, 0.2) is 12.8 Å². The van der Waals surface area contributed by atoms with E-state index in [0.29, 0.717) is 6.61 Å². The van der Waals surface area contributed by atoms with Gasteiger partial charge in [0.15, 0.2) is 0 Å². The summed E-state index contributed by atoms with van der Waals surface area (Å²) in [6, 6.07) is 0. The lowest BCUT2D eigenvalue weighted by Gasteiger charge is -2.26. The fourth-order valence-corrected chi connectivity index (χ4v) is 2.67. The van der Waals surface area contributed by atoms with Crippen molar-refractivity contribution < 1.29 is 9.84 Å². The second-order valence-electron chi connectivity index (χ2n) is 6.73. The van der Waals surface area contributed by atoms with Crippen molar-refractivity contribution >= 4 is 0 Å². The normalized spacial score (nSPS) is 13.9. The van der Waals surface area contributed by atoms with Crippen LogP contribution in [0.5, 0.6) is 0 Å². The monoisotopic (exact) mass is 298 g/mol. The Morgan fingerprint density at radius 2 is 1.38 bits per heavy atom. The zero-order chi connectivity index (χ0) is 15.8. The summed E-state index contributed by atoms with van der Waals surface area (Å²) in [6.45, 7) is 8.68. The van der Waals surface area contributed by atoms with Crippen LogP contribution in [-0.2, 0) is 4.74 Å². The molecule has 0 aliphatic rings. The molecule has 1 unspecified atom stereocenters. The molecule has 0 bridgehead atoms. The highest BCUT2D eigenvalue weighted by Gasteiger charge is 2.23. The topological polar surface area (TPSA) is 29.5 Å². The van der Waals surface area contributed by atoms with Gasteiger partial charge in [0.05, 0.1) is 19.5 Å². The predicted molar refractivity (Wildman–Crippen MR) is 92.4 cm³/mol. The Hall–Kier alpha value is -0.500. The van der Waals surface area contributed by atoms with Gasteiger partial charge < -0.3 is 9.84 Å². The molecule has 2 nitrogen and oxygen atoms in total. The molecule has 0 aromatic carbocycles. The molecule has 0 spiro atoms. The molecule has 1 atom stereocenters. The molecule has 0 amide bonds. The van der Waals surface area contributed by atoms with Gasteiger partial charge in [-0.2, -0.15) is 0 Å². The van der Waals surface area contributed by atoms with Crippen molar-refractivity contribution in [2.24, 2.45) is 5.41 Å². The highest BCUT2D eigenvalue weighted by atomic mass is 16.5. The van der Waals surface area contributed by atoms with Crippen molar-refractivity contribution in [2.75, 3.05) is 13.2 Å². The van der Waals surface area contributed by atoms with Crippen LogP contribution < -0.4 is 0 Å². The van der Waals surface area contributed by atoms with Gasteiger partial charge in [0.25, 0.3) is 0 Å². The smallest absolute Gasteiger partial charge is 0.0948 e. The van der Waals surface area contributed by atoms with Crippen LogP contribution in [0.2, 0.25) is 0 Å². The summed E-state index contributed by atoms with van der Waals surface area (Å²) in [5, 5.41) is 9.46. The Balaban J connectivity index is 3.36. The van der Waals surface area contributed by atoms with Crippen LogP contribution in [0.1, 0.15) is 90.9 Å². The number of aliphatic hydroxyl groups is 1. The molecule has 0 radical (unpaired) electrons. The molecule has 0 saturated heterocycles. The van der Waals surface area contributed by atoms with Crippen LogP contribution in [0.25, 0.3) is 0 Å². The fourth-order valence-electron chi connectivity index (χ4n) is 2.67. The Kier molecular flexibility index (Phi) is 14.1. The van der Waals surface area contributed by atoms with Gasteiger partial charge in [-0.3, -0.25) is 0 Å². The standard InChI is InChI=1S/C19H38O2/c1-4-6-7-8-9-10-11-12-13-14-15-16-19(3,17-20)18-21-5-2/h5,20H,2,4,6-18H2,1,3H3. The average Bonchev–Trinajstić information content (AvgIpc) is 2.50. The maximum absolute atomic E-state index is 9.46. The van der Waals surface area contributed by atoms with E-state index in [-0.39, 0.29) is 12.0 Å². The lowest BCUT2D eigenvalue weighted by Crippen LogP contribution is -2.26. The zero-order valence-electron chi connectivity index (χ0n) is 14.5. The summed E-state index contributed by atoms with van der Waals surface area (Å²) < 4.78 is 5.24. The van der Waals surface area contributed by atoms with E-state index < -0.39 is 0 Å². The van der Waals surface area contributed by atoms with Crippen LogP contribution in [0.3, 0.4) is 0 Å². The summed E-state index contributed by atoms with van der Waals surface area (Å²) >= 11 is 0. The molecular formula is C19H38O2. The molecule has 0 aromatic heterocycles. The van der Waals surface area contributed by atoms with E-state index in [9.17, 15) is 5.11 Å². The quantitative estimate of drug-likeness (QED) is 0.286. The first-order valence-corrected chi connectivity index (χ1v) is 9.02. The predicted octanol–water partition coefficient (Wildman–Crippen LogP) is 5.85. The Morgan fingerprint density at radius 3 is 1.81 bits per heavy atom. The summed E-state index contributed by atoms with van der Waals surface area (Å²) in [5.41, 5.74) is -0.104. The molecule has 0 fully saturated rings. The number of hydrogen-bond acceptors (Lipinski definition) is 2. The third-order valence-corrected chi connectivity index (χ3v) is 4.32. The highest BCUT2D eigenvalue weighted by Crippen LogP contribution is 2.25. The largest absolute Gasteiger partial charge is 0.501 e. The van der Waals surface area contributed by atoms with Gasteiger partial charge in [-0.25, -0.2) is 0 Å². The van der Waals surface area contributed by atoms with Crippen molar-refractivity contribution in [2.45, 2.75) is 90.9 Å². The lowest BCUT2D eigenvalue weighted by atomic mass is 9.86. The van der Waals surface area contributed by atoms with E-state index in [1.165, 1.54) is 76.9 Å². The minimum absolute atomic E-state index is 0.104. The Labute approximate surface area is 133 Å². The second-order valence-corrected chi connectivity index (χ2v) is 6.73. The Bertz CT molecular complexity index is 228. The molecule has 0 heterocycles. The van der Waals surface area contributed by atoms with E-state index in [2.05, 4.69) is 20.4 Å². The van der Waals surface area contributed by atoms with E-state index in [1.54, 1.807) is 0 Å². The molecule has 0 saturated carbocycles. The van der Waals surface area contributed by atoms with E-state index in [4.69, 9.17) is 4.74 Å². The number of hydrogen-bond donors (Lipinski definition) is 1. The van der Waals surface area contributed by atoms with Crippen molar-refractivity contribution in [1.82, 2.24) is 0 Å². The van der Waals surface area contributed by atoms with Gasteiger partial charge in [-0.15, -0.1) is 0 Å². The summed E-state index contributed by atoms with van der Waals surface area (Å²) in [6.07, 6.45) is 17.5.